The first-order valence-electron chi connectivity index (χ1n) is 11.4. The SMILES string of the molecule is Cc1noc(C)c1S(=O)(=O)N1CCCC(C(=O)NCC(C)(C)N2CC(C)CC(C)C2)C1. The van der Waals surface area contributed by atoms with Crippen molar-refractivity contribution >= 4 is 15.9 Å². The van der Waals surface area contributed by atoms with E-state index in [1.54, 1.807) is 13.8 Å². The van der Waals surface area contributed by atoms with Gasteiger partial charge in [0.2, 0.25) is 15.9 Å². The third-order valence-electron chi connectivity index (χ3n) is 6.74. The summed E-state index contributed by atoms with van der Waals surface area (Å²) in [5.74, 6) is 1.18. The maximum absolute atomic E-state index is 13.1. The molecule has 3 rings (SSSR count). The summed E-state index contributed by atoms with van der Waals surface area (Å²) in [7, 11) is -3.73. The summed E-state index contributed by atoms with van der Waals surface area (Å²) in [5, 5.41) is 6.89. The van der Waals surface area contributed by atoms with E-state index >= 15 is 0 Å². The minimum Gasteiger partial charge on any atom is -0.360 e. The third-order valence-corrected chi connectivity index (χ3v) is 8.85. The molecule has 1 amide bonds. The fraction of sp³-hybridized carbons (Fsp3) is 0.818. The number of carbonyl (C=O) groups excluding carboxylic acids is 1. The van der Waals surface area contributed by atoms with Gasteiger partial charge in [-0.15, -0.1) is 0 Å². The summed E-state index contributed by atoms with van der Waals surface area (Å²) in [6.45, 7) is 15.4. The maximum atomic E-state index is 13.1. The fourth-order valence-electron chi connectivity index (χ4n) is 5.06. The number of amides is 1. The van der Waals surface area contributed by atoms with Gasteiger partial charge in [-0.05, 0) is 58.8 Å². The summed E-state index contributed by atoms with van der Waals surface area (Å²) in [4.78, 5) is 15.6. The fourth-order valence-corrected chi connectivity index (χ4v) is 6.88. The van der Waals surface area contributed by atoms with E-state index in [0.29, 0.717) is 43.5 Å². The highest BCUT2D eigenvalue weighted by Gasteiger charge is 2.38. The number of sulfonamides is 1. The number of hydrogen-bond acceptors (Lipinski definition) is 6. The van der Waals surface area contributed by atoms with Crippen LogP contribution >= 0.6 is 0 Å². The van der Waals surface area contributed by atoms with Crippen molar-refractivity contribution in [2.75, 3.05) is 32.7 Å². The van der Waals surface area contributed by atoms with Gasteiger partial charge in [0.1, 0.15) is 10.6 Å². The number of nitrogens with one attached hydrogen (secondary N) is 1. The number of aromatic nitrogens is 1. The third kappa shape index (κ3) is 5.31. The summed E-state index contributed by atoms with van der Waals surface area (Å²) < 4.78 is 32.7. The Bertz CT molecular complexity index is 866. The number of nitrogens with zero attached hydrogens (tertiary/aromatic N) is 3. The van der Waals surface area contributed by atoms with Crippen molar-refractivity contribution in [1.82, 2.24) is 19.7 Å². The first kappa shape index (κ1) is 24.2. The van der Waals surface area contributed by atoms with Crippen molar-refractivity contribution in [3.8, 4) is 0 Å². The van der Waals surface area contributed by atoms with Crippen LogP contribution in [0.1, 0.15) is 58.4 Å². The Morgan fingerprint density at radius 2 is 1.84 bits per heavy atom. The zero-order valence-electron chi connectivity index (χ0n) is 19.8. The largest absolute Gasteiger partial charge is 0.360 e. The van der Waals surface area contributed by atoms with Gasteiger partial charge in [0.25, 0.3) is 0 Å². The van der Waals surface area contributed by atoms with Crippen LogP contribution in [-0.2, 0) is 14.8 Å². The number of aryl methyl sites for hydroxylation is 2. The molecule has 0 saturated carbocycles. The highest BCUT2D eigenvalue weighted by molar-refractivity contribution is 7.89. The van der Waals surface area contributed by atoms with E-state index in [1.165, 1.54) is 10.7 Å². The number of likely N-dealkylation sites (tertiary alicyclic amines) is 1. The molecule has 1 N–H and O–H groups in total. The lowest BCUT2D eigenvalue weighted by molar-refractivity contribution is -0.126. The van der Waals surface area contributed by atoms with Crippen molar-refractivity contribution in [2.24, 2.45) is 17.8 Å². The van der Waals surface area contributed by atoms with Crippen LogP contribution in [0.3, 0.4) is 0 Å². The molecule has 2 fully saturated rings. The van der Waals surface area contributed by atoms with Crippen molar-refractivity contribution < 1.29 is 17.7 Å². The minimum atomic E-state index is -3.73. The normalized spacial score (nSPS) is 26.7. The van der Waals surface area contributed by atoms with E-state index in [0.717, 1.165) is 13.1 Å². The molecule has 0 aromatic carbocycles. The van der Waals surface area contributed by atoms with E-state index in [1.807, 2.05) is 0 Å². The van der Waals surface area contributed by atoms with Crippen LogP contribution in [0.4, 0.5) is 0 Å². The standard InChI is InChI=1S/C22H38N4O4S/c1-15-10-16(2)12-25(11-15)22(5,6)14-23-21(27)19-8-7-9-26(13-19)31(28,29)20-17(3)24-30-18(20)4/h15-16,19H,7-14H2,1-6H3,(H,23,27). The van der Waals surface area contributed by atoms with E-state index < -0.39 is 10.0 Å². The summed E-state index contributed by atoms with van der Waals surface area (Å²) in [6.07, 6.45) is 2.60. The molecule has 0 radical (unpaired) electrons. The Morgan fingerprint density at radius 3 is 2.42 bits per heavy atom. The summed E-state index contributed by atoms with van der Waals surface area (Å²) in [6, 6.07) is 0. The molecule has 0 aliphatic carbocycles. The van der Waals surface area contributed by atoms with E-state index in [4.69, 9.17) is 4.52 Å². The zero-order valence-corrected chi connectivity index (χ0v) is 20.6. The molecule has 31 heavy (non-hydrogen) atoms. The Hall–Kier alpha value is -1.45. The van der Waals surface area contributed by atoms with Crippen molar-refractivity contribution in [1.29, 1.82) is 0 Å². The van der Waals surface area contributed by atoms with E-state index in [-0.39, 0.29) is 34.6 Å². The number of piperidine rings is 2. The minimum absolute atomic E-state index is 0.0650. The molecule has 3 heterocycles. The second-order valence-corrected chi connectivity index (χ2v) is 12.1. The van der Waals surface area contributed by atoms with Crippen LogP contribution in [0, 0.1) is 31.6 Å². The van der Waals surface area contributed by atoms with Crippen molar-refractivity contribution in [3.05, 3.63) is 11.5 Å². The van der Waals surface area contributed by atoms with Crippen LogP contribution in [0.25, 0.3) is 0 Å². The molecule has 1 aromatic heterocycles. The second-order valence-electron chi connectivity index (χ2n) is 10.2. The molecule has 8 nitrogen and oxygen atoms in total. The van der Waals surface area contributed by atoms with Gasteiger partial charge in [0.15, 0.2) is 5.76 Å². The smallest absolute Gasteiger partial charge is 0.248 e. The highest BCUT2D eigenvalue weighted by Crippen LogP contribution is 2.29. The molecule has 1 aromatic rings. The topological polar surface area (TPSA) is 95.8 Å². The average Bonchev–Trinajstić information content (AvgIpc) is 3.04. The van der Waals surface area contributed by atoms with Gasteiger partial charge in [0.05, 0.1) is 5.92 Å². The van der Waals surface area contributed by atoms with Gasteiger partial charge < -0.3 is 9.84 Å². The zero-order chi connectivity index (χ0) is 23.0. The molecule has 2 saturated heterocycles. The second kappa shape index (κ2) is 9.19. The van der Waals surface area contributed by atoms with Gasteiger partial charge >= 0.3 is 0 Å². The average molecular weight is 455 g/mol. The Morgan fingerprint density at radius 1 is 1.19 bits per heavy atom. The van der Waals surface area contributed by atoms with Gasteiger partial charge in [0, 0.05) is 38.3 Å². The Labute approximate surface area is 186 Å². The first-order chi connectivity index (χ1) is 14.4. The van der Waals surface area contributed by atoms with Crippen LogP contribution in [0.2, 0.25) is 0 Å². The molecular weight excluding hydrogens is 416 g/mol. The predicted octanol–water partition coefficient (Wildman–Crippen LogP) is 2.56. The number of hydrogen-bond donors (Lipinski definition) is 1. The van der Waals surface area contributed by atoms with E-state index in [9.17, 15) is 13.2 Å². The van der Waals surface area contributed by atoms with Crippen molar-refractivity contribution in [2.45, 2.75) is 71.2 Å². The van der Waals surface area contributed by atoms with Gasteiger partial charge in [-0.25, -0.2) is 8.42 Å². The highest BCUT2D eigenvalue weighted by atomic mass is 32.2. The van der Waals surface area contributed by atoms with Gasteiger partial charge in [-0.2, -0.15) is 4.31 Å². The lowest BCUT2D eigenvalue weighted by Crippen LogP contribution is -2.57. The van der Waals surface area contributed by atoms with Crippen LogP contribution in [0.5, 0.6) is 0 Å². The molecule has 3 unspecified atom stereocenters. The van der Waals surface area contributed by atoms with Crippen LogP contribution in [-0.4, -0.2) is 66.9 Å². The van der Waals surface area contributed by atoms with E-state index in [2.05, 4.69) is 43.1 Å². The maximum Gasteiger partial charge on any atom is 0.248 e. The lowest BCUT2D eigenvalue weighted by atomic mass is 9.88. The predicted molar refractivity (Wildman–Crippen MR) is 119 cm³/mol. The Kier molecular flexibility index (Phi) is 7.18. The summed E-state index contributed by atoms with van der Waals surface area (Å²) in [5.41, 5.74) is 0.214. The quantitative estimate of drug-likeness (QED) is 0.710. The Balaban J connectivity index is 1.62. The molecule has 0 spiro atoms. The molecule has 2 aliphatic heterocycles. The van der Waals surface area contributed by atoms with Gasteiger partial charge in [-0.3, -0.25) is 9.69 Å². The van der Waals surface area contributed by atoms with Gasteiger partial charge in [-0.1, -0.05) is 19.0 Å². The molecule has 176 valence electrons. The molecule has 9 heteroatoms. The monoisotopic (exact) mass is 454 g/mol. The molecule has 0 bridgehead atoms. The van der Waals surface area contributed by atoms with Crippen LogP contribution in [0.15, 0.2) is 9.42 Å². The van der Waals surface area contributed by atoms with Crippen molar-refractivity contribution in [3.63, 3.8) is 0 Å². The first-order valence-corrected chi connectivity index (χ1v) is 12.8. The lowest BCUT2D eigenvalue weighted by Gasteiger charge is -2.45. The van der Waals surface area contributed by atoms with Crippen LogP contribution < -0.4 is 5.32 Å². The number of rotatable bonds is 6. The number of carbonyl (C=O) groups is 1. The molecular formula is C22H38N4O4S. The molecule has 2 aliphatic rings. The summed E-state index contributed by atoms with van der Waals surface area (Å²) >= 11 is 0. The molecule has 3 atom stereocenters.